The van der Waals surface area contributed by atoms with E-state index in [0.717, 1.165) is 11.4 Å². The molecular formula is C14H18N4O2S. The third-order valence-electron chi connectivity index (χ3n) is 2.91. The van der Waals surface area contributed by atoms with E-state index in [1.165, 1.54) is 12.0 Å². The second-order valence-corrected chi connectivity index (χ2v) is 5.47. The normalized spacial score (nSPS) is 10.6. The largest absolute Gasteiger partial charge is 0.464 e. The predicted molar refractivity (Wildman–Crippen MR) is 81.3 cm³/mol. The molecule has 0 bridgehead atoms. The fourth-order valence-electron chi connectivity index (χ4n) is 1.92. The van der Waals surface area contributed by atoms with Crippen molar-refractivity contribution in [1.29, 1.82) is 0 Å². The number of carbonyl (C=O) groups excluding carboxylic acids is 1. The van der Waals surface area contributed by atoms with Gasteiger partial charge in [-0.2, -0.15) is 0 Å². The maximum Gasteiger partial charge on any atom is 0.360 e. The van der Waals surface area contributed by atoms with Crippen LogP contribution in [0.4, 0.5) is 0 Å². The number of thioether (sulfide) groups is 1. The van der Waals surface area contributed by atoms with Gasteiger partial charge in [-0.15, -0.1) is 16.9 Å². The summed E-state index contributed by atoms with van der Waals surface area (Å²) < 4.78 is 6.44. The van der Waals surface area contributed by atoms with Crippen LogP contribution in [-0.2, 0) is 17.7 Å². The summed E-state index contributed by atoms with van der Waals surface area (Å²) in [4.78, 5) is 12.8. The molecular weight excluding hydrogens is 288 g/mol. The molecule has 2 rings (SSSR count). The second-order valence-electron chi connectivity index (χ2n) is 4.30. The van der Waals surface area contributed by atoms with E-state index in [1.54, 1.807) is 16.4 Å². The van der Waals surface area contributed by atoms with Crippen LogP contribution in [0.25, 0.3) is 0 Å². The summed E-state index contributed by atoms with van der Waals surface area (Å²) in [5.41, 5.74) is 6.58. The Morgan fingerprint density at radius 1 is 1.38 bits per heavy atom. The lowest BCUT2D eigenvalue weighted by Crippen LogP contribution is -2.15. The van der Waals surface area contributed by atoms with Crippen molar-refractivity contribution in [2.24, 2.45) is 5.73 Å². The van der Waals surface area contributed by atoms with E-state index < -0.39 is 5.97 Å². The maximum absolute atomic E-state index is 11.6. The smallest absolute Gasteiger partial charge is 0.360 e. The summed E-state index contributed by atoms with van der Waals surface area (Å²) in [5, 5.41) is 7.94. The molecule has 0 saturated carbocycles. The van der Waals surface area contributed by atoms with Gasteiger partial charge in [0, 0.05) is 17.1 Å². The SMILES string of the molecule is COC(=O)c1nnn(CCSc2ccccc2)c1CCN. The highest BCUT2D eigenvalue weighted by molar-refractivity contribution is 7.99. The first-order chi connectivity index (χ1) is 10.3. The Kier molecular flexibility index (Phi) is 5.77. The first kappa shape index (κ1) is 15.5. The average Bonchev–Trinajstić information content (AvgIpc) is 2.91. The lowest BCUT2D eigenvalue weighted by Gasteiger charge is -2.06. The summed E-state index contributed by atoms with van der Waals surface area (Å²) in [5.74, 6) is 0.367. The van der Waals surface area contributed by atoms with Gasteiger partial charge >= 0.3 is 5.97 Å². The van der Waals surface area contributed by atoms with Gasteiger partial charge in [0.2, 0.25) is 0 Å². The Hall–Kier alpha value is -1.86. The van der Waals surface area contributed by atoms with Crippen molar-refractivity contribution in [3.05, 3.63) is 41.7 Å². The Morgan fingerprint density at radius 2 is 2.14 bits per heavy atom. The van der Waals surface area contributed by atoms with Gasteiger partial charge in [0.1, 0.15) is 0 Å². The van der Waals surface area contributed by atoms with Gasteiger partial charge < -0.3 is 10.5 Å². The third kappa shape index (κ3) is 4.05. The molecule has 0 radical (unpaired) electrons. The predicted octanol–water partition coefficient (Wildman–Crippen LogP) is 1.36. The van der Waals surface area contributed by atoms with E-state index >= 15 is 0 Å². The average molecular weight is 306 g/mol. The summed E-state index contributed by atoms with van der Waals surface area (Å²) >= 11 is 1.73. The number of hydrogen-bond acceptors (Lipinski definition) is 6. The number of nitrogens with two attached hydrogens (primary N) is 1. The van der Waals surface area contributed by atoms with Gasteiger partial charge in [0.05, 0.1) is 19.3 Å². The molecule has 2 aromatic rings. The van der Waals surface area contributed by atoms with Crippen molar-refractivity contribution in [3.63, 3.8) is 0 Å². The lowest BCUT2D eigenvalue weighted by molar-refractivity contribution is 0.0592. The monoisotopic (exact) mass is 306 g/mol. The van der Waals surface area contributed by atoms with E-state index in [1.807, 2.05) is 18.2 Å². The fourth-order valence-corrected chi connectivity index (χ4v) is 2.77. The first-order valence-electron chi connectivity index (χ1n) is 6.65. The van der Waals surface area contributed by atoms with Crippen LogP contribution in [0.5, 0.6) is 0 Å². The topological polar surface area (TPSA) is 83.0 Å². The number of rotatable bonds is 7. The molecule has 1 aromatic carbocycles. The summed E-state index contributed by atoms with van der Waals surface area (Å²) in [6.07, 6.45) is 0.549. The van der Waals surface area contributed by atoms with Crippen LogP contribution in [0.3, 0.4) is 0 Å². The molecule has 7 heteroatoms. The van der Waals surface area contributed by atoms with Crippen molar-refractivity contribution >= 4 is 17.7 Å². The Morgan fingerprint density at radius 3 is 2.81 bits per heavy atom. The molecule has 21 heavy (non-hydrogen) atoms. The standard InChI is InChI=1S/C14H18N4O2S/c1-20-14(19)13-12(7-8-15)18(17-16-13)9-10-21-11-5-3-2-4-6-11/h2-6H,7-10,15H2,1H3. The van der Waals surface area contributed by atoms with E-state index in [4.69, 9.17) is 10.5 Å². The number of methoxy groups -OCH3 is 1. The molecule has 0 saturated heterocycles. The molecule has 0 atom stereocenters. The Labute approximate surface area is 127 Å². The van der Waals surface area contributed by atoms with Gasteiger partial charge in [0.15, 0.2) is 5.69 Å². The van der Waals surface area contributed by atoms with Crippen LogP contribution >= 0.6 is 11.8 Å². The van der Waals surface area contributed by atoms with Gasteiger partial charge in [-0.3, -0.25) is 0 Å². The highest BCUT2D eigenvalue weighted by Gasteiger charge is 2.19. The molecule has 0 aliphatic rings. The number of ether oxygens (including phenoxy) is 1. The van der Waals surface area contributed by atoms with Crippen LogP contribution in [0.15, 0.2) is 35.2 Å². The van der Waals surface area contributed by atoms with E-state index in [9.17, 15) is 4.79 Å². The van der Waals surface area contributed by atoms with Crippen LogP contribution in [0.1, 0.15) is 16.2 Å². The summed E-state index contributed by atoms with van der Waals surface area (Å²) in [6, 6.07) is 10.1. The van der Waals surface area contributed by atoms with Crippen LogP contribution in [-0.4, -0.2) is 40.4 Å². The minimum Gasteiger partial charge on any atom is -0.464 e. The highest BCUT2D eigenvalue weighted by atomic mass is 32.2. The van der Waals surface area contributed by atoms with Gasteiger partial charge in [0.25, 0.3) is 0 Å². The third-order valence-corrected chi connectivity index (χ3v) is 3.90. The zero-order valence-corrected chi connectivity index (χ0v) is 12.7. The highest BCUT2D eigenvalue weighted by Crippen LogP contribution is 2.17. The van der Waals surface area contributed by atoms with Crippen molar-refractivity contribution < 1.29 is 9.53 Å². The molecule has 2 N–H and O–H groups in total. The zero-order valence-electron chi connectivity index (χ0n) is 11.9. The number of nitrogens with zero attached hydrogens (tertiary/aromatic N) is 3. The van der Waals surface area contributed by atoms with Gasteiger partial charge in [-0.25, -0.2) is 9.48 Å². The number of hydrogen-bond donors (Lipinski definition) is 1. The van der Waals surface area contributed by atoms with Gasteiger partial charge in [-0.05, 0) is 18.7 Å². The number of aromatic nitrogens is 3. The van der Waals surface area contributed by atoms with Crippen molar-refractivity contribution in [2.45, 2.75) is 17.9 Å². The number of esters is 1. The molecule has 0 aliphatic heterocycles. The maximum atomic E-state index is 11.6. The van der Waals surface area contributed by atoms with E-state index in [0.29, 0.717) is 19.5 Å². The molecule has 6 nitrogen and oxygen atoms in total. The van der Waals surface area contributed by atoms with Crippen LogP contribution < -0.4 is 5.73 Å². The second kappa shape index (κ2) is 7.80. The minimum atomic E-state index is -0.472. The number of benzene rings is 1. The minimum absolute atomic E-state index is 0.257. The quantitative estimate of drug-likeness (QED) is 0.614. The fraction of sp³-hybridized carbons (Fsp3) is 0.357. The lowest BCUT2D eigenvalue weighted by atomic mass is 10.2. The molecule has 112 valence electrons. The molecule has 0 aliphatic carbocycles. The molecule has 0 spiro atoms. The van der Waals surface area contributed by atoms with Crippen LogP contribution in [0.2, 0.25) is 0 Å². The summed E-state index contributed by atoms with van der Waals surface area (Å²) in [6.45, 7) is 1.10. The number of carbonyl (C=O) groups is 1. The van der Waals surface area contributed by atoms with Gasteiger partial charge in [-0.1, -0.05) is 23.4 Å². The van der Waals surface area contributed by atoms with Crippen molar-refractivity contribution in [2.75, 3.05) is 19.4 Å². The van der Waals surface area contributed by atoms with Crippen molar-refractivity contribution in [1.82, 2.24) is 15.0 Å². The summed E-state index contributed by atoms with van der Waals surface area (Å²) in [7, 11) is 1.33. The molecule has 0 amide bonds. The van der Waals surface area contributed by atoms with Crippen molar-refractivity contribution in [3.8, 4) is 0 Å². The molecule has 1 aromatic heterocycles. The molecule has 1 heterocycles. The van der Waals surface area contributed by atoms with E-state index in [-0.39, 0.29) is 5.69 Å². The van der Waals surface area contributed by atoms with E-state index in [2.05, 4.69) is 22.4 Å². The Balaban J connectivity index is 2.02. The van der Waals surface area contributed by atoms with Crippen LogP contribution in [0, 0.1) is 0 Å². The first-order valence-corrected chi connectivity index (χ1v) is 7.63. The number of aryl methyl sites for hydroxylation is 1. The molecule has 0 unspecified atom stereocenters. The Bertz CT molecular complexity index is 586. The molecule has 0 fully saturated rings. The zero-order chi connectivity index (χ0) is 15.1.